The number of esters is 1. The van der Waals surface area contributed by atoms with Gasteiger partial charge in [-0.3, -0.25) is 4.79 Å². The Morgan fingerprint density at radius 3 is 2.39 bits per heavy atom. The van der Waals surface area contributed by atoms with Crippen molar-refractivity contribution in [2.24, 2.45) is 0 Å². The predicted molar refractivity (Wildman–Crippen MR) is 135 cm³/mol. The molecule has 1 heterocycles. The van der Waals surface area contributed by atoms with Crippen molar-refractivity contribution in [2.45, 2.75) is 27.2 Å². The zero-order valence-corrected chi connectivity index (χ0v) is 20.4. The first-order valence-corrected chi connectivity index (χ1v) is 11.9. The van der Waals surface area contributed by atoms with Crippen molar-refractivity contribution in [1.29, 1.82) is 0 Å². The number of amides is 1. The Hall–Kier alpha value is -3.09. The molecule has 0 fully saturated rings. The average molecular weight is 484 g/mol. The van der Waals surface area contributed by atoms with Crippen molar-refractivity contribution >= 4 is 45.9 Å². The fraction of sp³-hybridized carbons (Fsp3) is 0.231. The highest BCUT2D eigenvalue weighted by Crippen LogP contribution is 2.40. The van der Waals surface area contributed by atoms with E-state index in [1.54, 1.807) is 25.1 Å². The molecule has 0 aliphatic heterocycles. The molecule has 33 heavy (non-hydrogen) atoms. The monoisotopic (exact) mass is 483 g/mol. The van der Waals surface area contributed by atoms with Crippen LogP contribution in [-0.2, 0) is 9.53 Å². The fourth-order valence-electron chi connectivity index (χ4n) is 3.22. The fourth-order valence-corrected chi connectivity index (χ4v) is 4.41. The van der Waals surface area contributed by atoms with Crippen LogP contribution in [0.25, 0.3) is 17.2 Å². The molecule has 0 bridgehead atoms. The minimum atomic E-state index is -0.478. The molecule has 1 amide bonds. The molecule has 1 aromatic heterocycles. The summed E-state index contributed by atoms with van der Waals surface area (Å²) in [5.74, 6) is -0.0224. The van der Waals surface area contributed by atoms with Crippen LogP contribution in [0.4, 0.5) is 5.00 Å². The van der Waals surface area contributed by atoms with E-state index in [1.807, 2.05) is 43.3 Å². The van der Waals surface area contributed by atoms with Gasteiger partial charge >= 0.3 is 5.97 Å². The lowest BCUT2D eigenvalue weighted by Gasteiger charge is -2.08. The molecule has 3 aromatic rings. The number of hydrogen-bond donors (Lipinski definition) is 1. The second-order valence-corrected chi connectivity index (χ2v) is 8.87. The highest BCUT2D eigenvalue weighted by atomic mass is 35.5. The van der Waals surface area contributed by atoms with E-state index < -0.39 is 5.97 Å². The Kier molecular flexibility index (Phi) is 8.69. The Balaban J connectivity index is 1.82. The highest BCUT2D eigenvalue weighted by molar-refractivity contribution is 7.17. The average Bonchev–Trinajstić information content (AvgIpc) is 3.13. The predicted octanol–water partition coefficient (Wildman–Crippen LogP) is 6.99. The molecule has 2 aromatic carbocycles. The molecule has 0 aliphatic rings. The molecule has 5 nitrogen and oxygen atoms in total. The van der Waals surface area contributed by atoms with E-state index in [0.717, 1.165) is 33.7 Å². The van der Waals surface area contributed by atoms with Crippen molar-refractivity contribution in [3.8, 4) is 16.9 Å². The first-order valence-electron chi connectivity index (χ1n) is 10.7. The van der Waals surface area contributed by atoms with Gasteiger partial charge in [-0.1, -0.05) is 42.8 Å². The maximum Gasteiger partial charge on any atom is 0.341 e. The number of nitrogens with one attached hydrogen (secondary N) is 1. The second kappa shape index (κ2) is 11.7. The van der Waals surface area contributed by atoms with Crippen molar-refractivity contribution in [3.05, 3.63) is 75.6 Å². The van der Waals surface area contributed by atoms with Gasteiger partial charge in [0.2, 0.25) is 5.91 Å². The van der Waals surface area contributed by atoms with E-state index >= 15 is 0 Å². The van der Waals surface area contributed by atoms with E-state index in [9.17, 15) is 9.59 Å². The van der Waals surface area contributed by atoms with Crippen LogP contribution < -0.4 is 10.1 Å². The highest BCUT2D eigenvalue weighted by Gasteiger charge is 2.25. The molecule has 172 valence electrons. The van der Waals surface area contributed by atoms with Gasteiger partial charge in [0.1, 0.15) is 16.3 Å². The molecule has 3 rings (SSSR count). The molecule has 1 N–H and O–H groups in total. The number of halogens is 1. The van der Waals surface area contributed by atoms with E-state index in [4.69, 9.17) is 21.1 Å². The van der Waals surface area contributed by atoms with E-state index in [0.29, 0.717) is 22.2 Å². The number of ether oxygens (including phenoxy) is 2. The lowest BCUT2D eigenvalue weighted by atomic mass is 10.0. The molecule has 0 atom stereocenters. The number of carbonyl (C=O) groups excluding carboxylic acids is 2. The summed E-state index contributed by atoms with van der Waals surface area (Å²) in [4.78, 5) is 26.3. The van der Waals surface area contributed by atoms with Gasteiger partial charge < -0.3 is 14.8 Å². The van der Waals surface area contributed by atoms with Crippen LogP contribution in [0.1, 0.15) is 41.1 Å². The van der Waals surface area contributed by atoms with Crippen LogP contribution in [0.5, 0.6) is 5.75 Å². The van der Waals surface area contributed by atoms with Crippen molar-refractivity contribution in [3.63, 3.8) is 0 Å². The smallest absolute Gasteiger partial charge is 0.341 e. The quantitative estimate of drug-likeness (QED) is 0.263. The summed E-state index contributed by atoms with van der Waals surface area (Å²) in [5, 5.41) is 3.90. The van der Waals surface area contributed by atoms with Gasteiger partial charge in [-0.15, -0.1) is 11.3 Å². The summed E-state index contributed by atoms with van der Waals surface area (Å²) in [5.41, 5.74) is 2.78. The molecule has 0 spiro atoms. The van der Waals surface area contributed by atoms with Gasteiger partial charge in [-0.05, 0) is 61.7 Å². The van der Waals surface area contributed by atoms with Gasteiger partial charge in [0, 0.05) is 21.5 Å². The van der Waals surface area contributed by atoms with Crippen molar-refractivity contribution < 1.29 is 19.1 Å². The Bertz CT molecular complexity index is 1130. The third kappa shape index (κ3) is 6.46. The number of anilines is 1. The molecule has 0 aliphatic carbocycles. The van der Waals surface area contributed by atoms with Crippen LogP contribution in [-0.4, -0.2) is 25.1 Å². The first-order chi connectivity index (χ1) is 15.9. The van der Waals surface area contributed by atoms with E-state index in [2.05, 4.69) is 12.2 Å². The number of carbonyl (C=O) groups is 2. The molecule has 0 unspecified atom stereocenters. The SMILES string of the molecule is CCCOc1ccc(/C=C/C(=O)Nc2sc(C)c(-c3ccc(Cl)cc3)c2C(=O)OCC)cc1. The summed E-state index contributed by atoms with van der Waals surface area (Å²) in [7, 11) is 0. The van der Waals surface area contributed by atoms with Gasteiger partial charge in [0.25, 0.3) is 0 Å². The molecular formula is C26H26ClNO4S. The minimum absolute atomic E-state index is 0.235. The second-order valence-electron chi connectivity index (χ2n) is 7.20. The number of rotatable bonds is 9. The topological polar surface area (TPSA) is 64.6 Å². The molecular weight excluding hydrogens is 458 g/mol. The van der Waals surface area contributed by atoms with Crippen molar-refractivity contribution in [1.82, 2.24) is 0 Å². The summed E-state index contributed by atoms with van der Waals surface area (Å²) >= 11 is 7.36. The summed E-state index contributed by atoms with van der Waals surface area (Å²) < 4.78 is 10.9. The van der Waals surface area contributed by atoms with Gasteiger partial charge in [-0.2, -0.15) is 0 Å². The van der Waals surface area contributed by atoms with E-state index in [1.165, 1.54) is 17.4 Å². The third-order valence-electron chi connectivity index (χ3n) is 4.71. The first kappa shape index (κ1) is 24.6. The summed E-state index contributed by atoms with van der Waals surface area (Å²) in [6, 6.07) is 14.7. The van der Waals surface area contributed by atoms with E-state index in [-0.39, 0.29) is 12.5 Å². The van der Waals surface area contributed by atoms with Gasteiger partial charge in [-0.25, -0.2) is 4.79 Å². The summed E-state index contributed by atoms with van der Waals surface area (Å²) in [6.07, 6.45) is 4.09. The van der Waals surface area contributed by atoms with Crippen LogP contribution >= 0.6 is 22.9 Å². The zero-order chi connectivity index (χ0) is 23.8. The van der Waals surface area contributed by atoms with Crippen molar-refractivity contribution in [2.75, 3.05) is 18.5 Å². The number of thiophene rings is 1. The van der Waals surface area contributed by atoms with Crippen LogP contribution in [0, 0.1) is 6.92 Å². The van der Waals surface area contributed by atoms with Crippen LogP contribution in [0.2, 0.25) is 5.02 Å². The van der Waals surface area contributed by atoms with Crippen LogP contribution in [0.15, 0.2) is 54.6 Å². The lowest BCUT2D eigenvalue weighted by molar-refractivity contribution is -0.111. The summed E-state index contributed by atoms with van der Waals surface area (Å²) in [6.45, 7) is 6.61. The van der Waals surface area contributed by atoms with Gasteiger partial charge in [0.05, 0.1) is 13.2 Å². The minimum Gasteiger partial charge on any atom is -0.494 e. The standard InChI is InChI=1S/C26H26ClNO4S/c1-4-16-32-21-13-6-18(7-14-21)8-15-22(29)28-25-24(26(30)31-5-2)23(17(3)33-25)19-9-11-20(27)12-10-19/h6-15H,4-5,16H2,1-3H3,(H,28,29)/b15-8+. The lowest BCUT2D eigenvalue weighted by Crippen LogP contribution is -2.12. The molecule has 0 saturated heterocycles. The maximum absolute atomic E-state index is 12.8. The molecule has 7 heteroatoms. The number of aryl methyl sites for hydroxylation is 1. The zero-order valence-electron chi connectivity index (χ0n) is 18.8. The Morgan fingerprint density at radius 2 is 1.76 bits per heavy atom. The number of benzene rings is 2. The molecule has 0 radical (unpaired) electrons. The Morgan fingerprint density at radius 1 is 1.06 bits per heavy atom. The molecule has 0 saturated carbocycles. The largest absolute Gasteiger partial charge is 0.494 e. The van der Waals surface area contributed by atoms with Crippen LogP contribution in [0.3, 0.4) is 0 Å². The normalized spacial score (nSPS) is 10.9. The maximum atomic E-state index is 12.8. The Labute approximate surface area is 203 Å². The number of hydrogen-bond acceptors (Lipinski definition) is 5. The third-order valence-corrected chi connectivity index (χ3v) is 5.99. The van der Waals surface area contributed by atoms with Gasteiger partial charge in [0.15, 0.2) is 0 Å².